The van der Waals surface area contributed by atoms with Crippen LogP contribution in [0.25, 0.3) is 0 Å². The summed E-state index contributed by atoms with van der Waals surface area (Å²) < 4.78 is 24.6. The van der Waals surface area contributed by atoms with Gasteiger partial charge in [-0.05, 0) is 46.6 Å². The zero-order valence-electron chi connectivity index (χ0n) is 11.9. The van der Waals surface area contributed by atoms with Gasteiger partial charge in [0.05, 0.1) is 11.6 Å². The summed E-state index contributed by atoms with van der Waals surface area (Å²) in [6.45, 7) is 2.22. The van der Waals surface area contributed by atoms with Crippen molar-refractivity contribution in [3.63, 3.8) is 0 Å². The molecule has 2 aromatic carbocycles. The minimum Gasteiger partial charge on any atom is -0.497 e. The van der Waals surface area contributed by atoms with Gasteiger partial charge in [-0.1, -0.05) is 12.1 Å². The Morgan fingerprint density at radius 3 is 2.62 bits per heavy atom. The zero-order chi connectivity index (χ0) is 15.4. The minimum atomic E-state index is -0.295. The first-order chi connectivity index (χ1) is 10.0. The van der Waals surface area contributed by atoms with Gasteiger partial charge in [0.25, 0.3) is 0 Å². The normalized spacial score (nSPS) is 12.0. The molecule has 112 valence electrons. The molecule has 0 fully saturated rings. The lowest BCUT2D eigenvalue weighted by molar-refractivity contribution is 0.298. The molecule has 0 bridgehead atoms. The predicted octanol–water partition coefficient (Wildman–Crippen LogP) is 4.20. The highest BCUT2D eigenvalue weighted by Crippen LogP contribution is 2.29. The van der Waals surface area contributed by atoms with Gasteiger partial charge in [-0.15, -0.1) is 0 Å². The number of hydrogen-bond donors (Lipinski definition) is 1. The highest BCUT2D eigenvalue weighted by atomic mass is 79.9. The van der Waals surface area contributed by atoms with Crippen LogP contribution in [0.4, 0.5) is 4.39 Å². The van der Waals surface area contributed by atoms with Crippen molar-refractivity contribution in [2.24, 2.45) is 5.73 Å². The molecule has 2 aromatic rings. The summed E-state index contributed by atoms with van der Waals surface area (Å²) in [7, 11) is 1.60. The standard InChI is InChI=1S/C16H17BrFNO2/c1-10(19)13-5-4-12(20-2)8-16(13)21-9-11-3-6-15(18)14(17)7-11/h3-8,10H,9,19H2,1-2H3/t10-/m0/s1. The molecule has 0 saturated carbocycles. The highest BCUT2D eigenvalue weighted by molar-refractivity contribution is 9.10. The van der Waals surface area contributed by atoms with Crippen molar-refractivity contribution in [3.8, 4) is 11.5 Å². The fourth-order valence-electron chi connectivity index (χ4n) is 1.93. The van der Waals surface area contributed by atoms with Crippen LogP contribution in [0.1, 0.15) is 24.1 Å². The molecule has 0 heterocycles. The first kappa shape index (κ1) is 15.8. The third kappa shape index (κ3) is 3.95. The molecular weight excluding hydrogens is 337 g/mol. The van der Waals surface area contributed by atoms with Crippen molar-refractivity contribution < 1.29 is 13.9 Å². The van der Waals surface area contributed by atoms with E-state index in [4.69, 9.17) is 15.2 Å². The molecular formula is C16H17BrFNO2. The number of halogens is 2. The molecule has 0 aliphatic heterocycles. The molecule has 21 heavy (non-hydrogen) atoms. The lowest BCUT2D eigenvalue weighted by Crippen LogP contribution is -2.08. The summed E-state index contributed by atoms with van der Waals surface area (Å²) >= 11 is 3.16. The van der Waals surface area contributed by atoms with Crippen molar-refractivity contribution in [2.75, 3.05) is 7.11 Å². The lowest BCUT2D eigenvalue weighted by atomic mass is 10.1. The average Bonchev–Trinajstić information content (AvgIpc) is 2.48. The monoisotopic (exact) mass is 353 g/mol. The van der Waals surface area contributed by atoms with Gasteiger partial charge in [-0.2, -0.15) is 0 Å². The molecule has 0 unspecified atom stereocenters. The topological polar surface area (TPSA) is 44.5 Å². The van der Waals surface area contributed by atoms with Crippen molar-refractivity contribution in [2.45, 2.75) is 19.6 Å². The van der Waals surface area contributed by atoms with Gasteiger partial charge in [-0.25, -0.2) is 4.39 Å². The van der Waals surface area contributed by atoms with E-state index in [0.29, 0.717) is 22.6 Å². The minimum absolute atomic E-state index is 0.147. The summed E-state index contributed by atoms with van der Waals surface area (Å²) in [6.07, 6.45) is 0. The zero-order valence-corrected chi connectivity index (χ0v) is 13.5. The fraction of sp³-hybridized carbons (Fsp3) is 0.250. The van der Waals surface area contributed by atoms with Crippen molar-refractivity contribution in [1.82, 2.24) is 0 Å². The number of rotatable bonds is 5. The van der Waals surface area contributed by atoms with Gasteiger partial charge in [-0.3, -0.25) is 0 Å². The maximum Gasteiger partial charge on any atom is 0.137 e. The Morgan fingerprint density at radius 1 is 1.24 bits per heavy atom. The van der Waals surface area contributed by atoms with Gasteiger partial charge in [0, 0.05) is 17.7 Å². The molecule has 0 amide bonds. The summed E-state index contributed by atoms with van der Waals surface area (Å²) in [4.78, 5) is 0. The molecule has 0 radical (unpaired) electrons. The Labute approximate surface area is 132 Å². The molecule has 1 atom stereocenters. The summed E-state index contributed by atoms with van der Waals surface area (Å²) in [6, 6.07) is 10.2. The van der Waals surface area contributed by atoms with Crippen LogP contribution in [0.2, 0.25) is 0 Å². The molecule has 0 aliphatic carbocycles. The fourth-order valence-corrected chi connectivity index (χ4v) is 2.36. The Balaban J connectivity index is 2.19. The molecule has 0 spiro atoms. The van der Waals surface area contributed by atoms with Crippen LogP contribution < -0.4 is 15.2 Å². The Kier molecular flexibility index (Phi) is 5.20. The second-order valence-corrected chi connectivity index (χ2v) is 5.58. The van der Waals surface area contributed by atoms with Crippen LogP contribution in [0, 0.1) is 5.82 Å². The van der Waals surface area contributed by atoms with Crippen molar-refractivity contribution in [3.05, 3.63) is 57.8 Å². The highest BCUT2D eigenvalue weighted by Gasteiger charge is 2.10. The largest absolute Gasteiger partial charge is 0.497 e. The maximum atomic E-state index is 13.2. The van der Waals surface area contributed by atoms with E-state index in [9.17, 15) is 4.39 Å². The maximum absolute atomic E-state index is 13.2. The first-order valence-electron chi connectivity index (χ1n) is 6.51. The Morgan fingerprint density at radius 2 is 2.00 bits per heavy atom. The third-order valence-corrected chi connectivity index (χ3v) is 3.70. The van der Waals surface area contributed by atoms with Gasteiger partial charge in [0.2, 0.25) is 0 Å². The average molecular weight is 354 g/mol. The van der Waals surface area contributed by atoms with E-state index >= 15 is 0 Å². The summed E-state index contributed by atoms with van der Waals surface area (Å²) in [5, 5.41) is 0. The van der Waals surface area contributed by atoms with Gasteiger partial charge in [0.1, 0.15) is 23.9 Å². The van der Waals surface area contributed by atoms with Crippen LogP contribution >= 0.6 is 15.9 Å². The van der Waals surface area contributed by atoms with Crippen LogP contribution in [-0.2, 0) is 6.61 Å². The van der Waals surface area contributed by atoms with E-state index in [1.807, 2.05) is 19.1 Å². The molecule has 0 saturated heterocycles. The molecule has 2 N–H and O–H groups in total. The molecule has 2 rings (SSSR count). The van der Waals surface area contributed by atoms with E-state index < -0.39 is 0 Å². The second-order valence-electron chi connectivity index (χ2n) is 4.73. The molecule has 0 aromatic heterocycles. The number of nitrogens with two attached hydrogens (primary N) is 1. The SMILES string of the molecule is COc1ccc([C@H](C)N)c(OCc2ccc(F)c(Br)c2)c1. The van der Waals surface area contributed by atoms with Crippen LogP contribution in [0.15, 0.2) is 40.9 Å². The quantitative estimate of drug-likeness (QED) is 0.876. The first-order valence-corrected chi connectivity index (χ1v) is 7.31. The number of hydrogen-bond acceptors (Lipinski definition) is 3. The van der Waals surface area contributed by atoms with Crippen LogP contribution in [0.5, 0.6) is 11.5 Å². The van der Waals surface area contributed by atoms with Gasteiger partial charge in [0.15, 0.2) is 0 Å². The van der Waals surface area contributed by atoms with E-state index in [2.05, 4.69) is 15.9 Å². The number of ether oxygens (including phenoxy) is 2. The Hall–Kier alpha value is -1.59. The number of methoxy groups -OCH3 is 1. The van der Waals surface area contributed by atoms with Gasteiger partial charge >= 0.3 is 0 Å². The summed E-state index contributed by atoms with van der Waals surface area (Å²) in [5.74, 6) is 1.08. The Bertz CT molecular complexity index is 632. The van der Waals surface area contributed by atoms with E-state index in [0.717, 1.165) is 11.1 Å². The second kappa shape index (κ2) is 6.91. The lowest BCUT2D eigenvalue weighted by Gasteiger charge is -2.15. The van der Waals surface area contributed by atoms with Gasteiger partial charge < -0.3 is 15.2 Å². The predicted molar refractivity (Wildman–Crippen MR) is 84.0 cm³/mol. The molecule has 0 aliphatic rings. The van der Waals surface area contributed by atoms with Crippen LogP contribution in [0.3, 0.4) is 0 Å². The van der Waals surface area contributed by atoms with E-state index in [-0.39, 0.29) is 11.9 Å². The number of benzene rings is 2. The molecule has 5 heteroatoms. The van der Waals surface area contributed by atoms with E-state index in [1.165, 1.54) is 6.07 Å². The smallest absolute Gasteiger partial charge is 0.137 e. The van der Waals surface area contributed by atoms with Crippen molar-refractivity contribution >= 4 is 15.9 Å². The van der Waals surface area contributed by atoms with E-state index in [1.54, 1.807) is 25.3 Å². The van der Waals surface area contributed by atoms with Crippen molar-refractivity contribution in [1.29, 1.82) is 0 Å². The third-order valence-electron chi connectivity index (χ3n) is 3.09. The molecule has 3 nitrogen and oxygen atoms in total. The van der Waals surface area contributed by atoms with Crippen LogP contribution in [-0.4, -0.2) is 7.11 Å². The summed E-state index contributed by atoms with van der Waals surface area (Å²) in [5.41, 5.74) is 7.70.